The maximum atomic E-state index is 12.0. The van der Waals surface area contributed by atoms with Crippen LogP contribution in [0.15, 0.2) is 29.2 Å². The first-order valence-electron chi connectivity index (χ1n) is 5.79. The molecule has 0 aliphatic carbocycles. The molecular weight excluding hydrogens is 236 g/mol. The summed E-state index contributed by atoms with van der Waals surface area (Å²) in [6.07, 6.45) is 0.684. The molecule has 0 amide bonds. The molecule has 0 saturated heterocycles. The standard InChI is InChI=1S/C13H16O3S/c1-3-10(9(2)14)12-8-17(15,16)13-7-5-4-6-11(12)13/h4-7,10,12H,3,8H2,1-2H3. The Morgan fingerprint density at radius 2 is 2.06 bits per heavy atom. The van der Waals surface area contributed by atoms with Gasteiger partial charge in [0.15, 0.2) is 9.84 Å². The molecule has 92 valence electrons. The average Bonchev–Trinajstić information content (AvgIpc) is 2.53. The van der Waals surface area contributed by atoms with Crippen molar-refractivity contribution < 1.29 is 13.2 Å². The summed E-state index contributed by atoms with van der Waals surface area (Å²) in [7, 11) is -3.20. The molecule has 1 aromatic carbocycles. The number of hydrogen-bond donors (Lipinski definition) is 0. The Morgan fingerprint density at radius 3 is 2.65 bits per heavy atom. The highest BCUT2D eigenvalue weighted by Gasteiger charge is 2.39. The van der Waals surface area contributed by atoms with E-state index in [-0.39, 0.29) is 23.4 Å². The molecule has 0 aromatic heterocycles. The van der Waals surface area contributed by atoms with Crippen molar-refractivity contribution in [2.75, 3.05) is 5.75 Å². The summed E-state index contributed by atoms with van der Waals surface area (Å²) < 4.78 is 24.0. The number of carbonyl (C=O) groups excluding carboxylic acids is 1. The summed E-state index contributed by atoms with van der Waals surface area (Å²) >= 11 is 0. The molecule has 2 unspecified atom stereocenters. The van der Waals surface area contributed by atoms with Gasteiger partial charge in [-0.3, -0.25) is 4.79 Å². The number of Topliss-reactive ketones (excluding diaryl/α,β-unsaturated/α-hetero) is 1. The second kappa shape index (κ2) is 4.26. The van der Waals surface area contributed by atoms with E-state index in [4.69, 9.17) is 0 Å². The van der Waals surface area contributed by atoms with Crippen LogP contribution in [0.4, 0.5) is 0 Å². The maximum Gasteiger partial charge on any atom is 0.179 e. The largest absolute Gasteiger partial charge is 0.300 e. The molecular formula is C13H16O3S. The molecule has 4 heteroatoms. The summed E-state index contributed by atoms with van der Waals surface area (Å²) in [6.45, 7) is 3.47. The monoisotopic (exact) mass is 252 g/mol. The van der Waals surface area contributed by atoms with E-state index in [0.29, 0.717) is 11.3 Å². The molecule has 0 fully saturated rings. The van der Waals surface area contributed by atoms with Gasteiger partial charge in [0.25, 0.3) is 0 Å². The summed E-state index contributed by atoms with van der Waals surface area (Å²) in [4.78, 5) is 12.0. The summed E-state index contributed by atoms with van der Waals surface area (Å²) in [6, 6.07) is 7.03. The number of hydrogen-bond acceptors (Lipinski definition) is 3. The molecule has 0 radical (unpaired) electrons. The van der Waals surface area contributed by atoms with Gasteiger partial charge >= 0.3 is 0 Å². The first kappa shape index (κ1) is 12.3. The van der Waals surface area contributed by atoms with Crippen molar-refractivity contribution in [2.45, 2.75) is 31.1 Å². The molecule has 0 N–H and O–H groups in total. The van der Waals surface area contributed by atoms with Gasteiger partial charge in [0, 0.05) is 11.8 Å². The first-order valence-corrected chi connectivity index (χ1v) is 7.44. The lowest BCUT2D eigenvalue weighted by molar-refractivity contribution is -0.121. The van der Waals surface area contributed by atoms with Crippen LogP contribution in [-0.2, 0) is 14.6 Å². The predicted molar refractivity (Wildman–Crippen MR) is 65.7 cm³/mol. The van der Waals surface area contributed by atoms with Crippen LogP contribution in [0.1, 0.15) is 31.7 Å². The third-order valence-corrected chi connectivity index (χ3v) is 5.34. The zero-order chi connectivity index (χ0) is 12.6. The Morgan fingerprint density at radius 1 is 1.41 bits per heavy atom. The first-order chi connectivity index (χ1) is 7.97. The van der Waals surface area contributed by atoms with Gasteiger partial charge in [-0.1, -0.05) is 25.1 Å². The second-order valence-corrected chi connectivity index (χ2v) is 6.55. The van der Waals surface area contributed by atoms with Gasteiger partial charge in [0.2, 0.25) is 0 Å². The molecule has 1 aromatic rings. The lowest BCUT2D eigenvalue weighted by atomic mass is 9.83. The number of rotatable bonds is 3. The minimum absolute atomic E-state index is 0.0735. The van der Waals surface area contributed by atoms with Gasteiger partial charge in [-0.25, -0.2) is 8.42 Å². The summed E-state index contributed by atoms with van der Waals surface area (Å²) in [5.74, 6) is -0.207. The number of sulfone groups is 1. The molecule has 0 spiro atoms. The quantitative estimate of drug-likeness (QED) is 0.828. The molecule has 1 aliphatic heterocycles. The van der Waals surface area contributed by atoms with E-state index in [2.05, 4.69) is 0 Å². The highest BCUT2D eigenvalue weighted by Crippen LogP contribution is 2.40. The number of ketones is 1. The van der Waals surface area contributed by atoms with Gasteiger partial charge in [0.05, 0.1) is 10.6 Å². The van der Waals surface area contributed by atoms with E-state index in [1.807, 2.05) is 19.1 Å². The molecule has 2 atom stereocenters. The fraction of sp³-hybridized carbons (Fsp3) is 0.462. The lowest BCUT2D eigenvalue weighted by Gasteiger charge is -2.18. The smallest absolute Gasteiger partial charge is 0.179 e. The Balaban J connectivity index is 2.51. The Kier molecular flexibility index (Phi) is 3.08. The van der Waals surface area contributed by atoms with Gasteiger partial charge in [0.1, 0.15) is 5.78 Å². The van der Waals surface area contributed by atoms with Crippen LogP contribution in [0, 0.1) is 5.92 Å². The number of fused-ring (bicyclic) bond motifs is 1. The molecule has 0 bridgehead atoms. The van der Waals surface area contributed by atoms with E-state index in [9.17, 15) is 13.2 Å². The third-order valence-electron chi connectivity index (χ3n) is 3.50. The molecule has 2 rings (SSSR count). The van der Waals surface area contributed by atoms with Crippen molar-refractivity contribution in [3.8, 4) is 0 Å². The zero-order valence-corrected chi connectivity index (χ0v) is 10.8. The molecule has 3 nitrogen and oxygen atoms in total. The number of carbonyl (C=O) groups is 1. The minimum atomic E-state index is -3.20. The molecule has 1 aliphatic rings. The topological polar surface area (TPSA) is 51.2 Å². The second-order valence-electron chi connectivity index (χ2n) is 4.55. The Labute approximate surface area is 102 Å². The fourth-order valence-corrected chi connectivity index (χ4v) is 4.60. The van der Waals surface area contributed by atoms with Crippen LogP contribution in [0.25, 0.3) is 0 Å². The van der Waals surface area contributed by atoms with Gasteiger partial charge in [-0.15, -0.1) is 0 Å². The average molecular weight is 252 g/mol. The van der Waals surface area contributed by atoms with E-state index in [1.54, 1.807) is 19.1 Å². The fourth-order valence-electron chi connectivity index (χ4n) is 2.67. The van der Waals surface area contributed by atoms with Crippen LogP contribution in [0.5, 0.6) is 0 Å². The Bertz CT molecular complexity index is 546. The van der Waals surface area contributed by atoms with Gasteiger partial charge in [-0.2, -0.15) is 0 Å². The van der Waals surface area contributed by atoms with Crippen molar-refractivity contribution in [1.29, 1.82) is 0 Å². The predicted octanol–water partition coefficient (Wildman–Crippen LogP) is 2.17. The SMILES string of the molecule is CCC(C(C)=O)C1CS(=O)(=O)c2ccccc21. The van der Waals surface area contributed by atoms with Gasteiger partial charge in [-0.05, 0) is 25.0 Å². The van der Waals surface area contributed by atoms with Crippen molar-refractivity contribution in [3.05, 3.63) is 29.8 Å². The lowest BCUT2D eigenvalue weighted by Crippen LogP contribution is -2.21. The van der Waals surface area contributed by atoms with E-state index in [0.717, 1.165) is 5.56 Å². The molecule has 17 heavy (non-hydrogen) atoms. The maximum absolute atomic E-state index is 12.0. The van der Waals surface area contributed by atoms with E-state index < -0.39 is 9.84 Å². The minimum Gasteiger partial charge on any atom is -0.300 e. The molecule has 0 saturated carbocycles. The third kappa shape index (κ3) is 2.02. The Hall–Kier alpha value is -1.16. The van der Waals surface area contributed by atoms with Crippen LogP contribution in [-0.4, -0.2) is 20.0 Å². The number of benzene rings is 1. The van der Waals surface area contributed by atoms with E-state index in [1.165, 1.54) is 0 Å². The molecule has 1 heterocycles. The van der Waals surface area contributed by atoms with Crippen LogP contribution < -0.4 is 0 Å². The van der Waals surface area contributed by atoms with Crippen LogP contribution >= 0.6 is 0 Å². The van der Waals surface area contributed by atoms with Gasteiger partial charge < -0.3 is 0 Å². The summed E-state index contributed by atoms with van der Waals surface area (Å²) in [5, 5.41) is 0. The summed E-state index contributed by atoms with van der Waals surface area (Å²) in [5.41, 5.74) is 0.814. The van der Waals surface area contributed by atoms with Crippen LogP contribution in [0.3, 0.4) is 0 Å². The normalized spacial score (nSPS) is 23.1. The van der Waals surface area contributed by atoms with Crippen molar-refractivity contribution in [1.82, 2.24) is 0 Å². The van der Waals surface area contributed by atoms with Crippen molar-refractivity contribution in [3.63, 3.8) is 0 Å². The highest BCUT2D eigenvalue weighted by atomic mass is 32.2. The van der Waals surface area contributed by atoms with Crippen LogP contribution in [0.2, 0.25) is 0 Å². The van der Waals surface area contributed by atoms with E-state index >= 15 is 0 Å². The zero-order valence-electron chi connectivity index (χ0n) is 10.0. The highest BCUT2D eigenvalue weighted by molar-refractivity contribution is 7.91. The van der Waals surface area contributed by atoms with Crippen molar-refractivity contribution >= 4 is 15.6 Å². The van der Waals surface area contributed by atoms with Crippen molar-refractivity contribution in [2.24, 2.45) is 5.92 Å².